The second kappa shape index (κ2) is 5.03. The molecule has 1 rings (SSSR count). The summed E-state index contributed by atoms with van der Waals surface area (Å²) in [6.07, 6.45) is 5.66. The average molecular weight is 159 g/mol. The van der Waals surface area contributed by atoms with Crippen molar-refractivity contribution in [3.8, 4) is 0 Å². The first-order valence-electron chi connectivity index (χ1n) is 4.26. The van der Waals surface area contributed by atoms with Crippen molar-refractivity contribution in [2.75, 3.05) is 25.4 Å². The lowest BCUT2D eigenvalue weighted by Gasteiger charge is -2.17. The highest BCUT2D eigenvalue weighted by molar-refractivity contribution is 7.80. The van der Waals surface area contributed by atoms with Crippen molar-refractivity contribution in [1.29, 1.82) is 0 Å². The van der Waals surface area contributed by atoms with E-state index in [0.29, 0.717) is 0 Å². The molecule has 0 aromatic heterocycles. The Bertz CT molecular complexity index is 77.3. The molecule has 0 aromatic carbocycles. The molecule has 0 spiro atoms. The number of thiol groups is 1. The van der Waals surface area contributed by atoms with Crippen molar-refractivity contribution in [3.63, 3.8) is 0 Å². The van der Waals surface area contributed by atoms with E-state index in [2.05, 4.69) is 17.5 Å². The van der Waals surface area contributed by atoms with Crippen molar-refractivity contribution in [1.82, 2.24) is 4.90 Å². The number of nitrogens with zero attached hydrogens (tertiary/aromatic N) is 1. The maximum atomic E-state index is 4.22. The molecule has 1 aliphatic rings. The highest BCUT2D eigenvalue weighted by Gasteiger charge is 2.06. The van der Waals surface area contributed by atoms with Crippen LogP contribution in [0.5, 0.6) is 0 Å². The van der Waals surface area contributed by atoms with E-state index in [4.69, 9.17) is 0 Å². The molecule has 1 saturated heterocycles. The second-order valence-corrected chi connectivity index (χ2v) is 3.43. The Kier molecular flexibility index (Phi) is 4.23. The predicted octanol–water partition coefficient (Wildman–Crippen LogP) is 1.79. The summed E-state index contributed by atoms with van der Waals surface area (Å²) in [5.74, 6) is 1.01. The van der Waals surface area contributed by atoms with E-state index in [1.54, 1.807) is 0 Å². The van der Waals surface area contributed by atoms with Gasteiger partial charge in [-0.1, -0.05) is 12.8 Å². The van der Waals surface area contributed by atoms with E-state index in [1.165, 1.54) is 45.3 Å². The van der Waals surface area contributed by atoms with Crippen LogP contribution in [0, 0.1) is 0 Å². The molecule has 1 aliphatic heterocycles. The molecule has 0 amide bonds. The van der Waals surface area contributed by atoms with Crippen LogP contribution in [0.25, 0.3) is 0 Å². The Hall–Kier alpha value is 0.310. The number of likely N-dealkylation sites (tertiary alicyclic amines) is 1. The topological polar surface area (TPSA) is 3.24 Å². The molecule has 10 heavy (non-hydrogen) atoms. The molecule has 0 radical (unpaired) electrons. The number of hydrogen-bond acceptors (Lipinski definition) is 2. The van der Waals surface area contributed by atoms with Gasteiger partial charge in [0.05, 0.1) is 0 Å². The fraction of sp³-hybridized carbons (Fsp3) is 1.00. The van der Waals surface area contributed by atoms with Gasteiger partial charge in [-0.3, -0.25) is 0 Å². The summed E-state index contributed by atoms with van der Waals surface area (Å²) in [5.41, 5.74) is 0. The van der Waals surface area contributed by atoms with Crippen LogP contribution < -0.4 is 0 Å². The van der Waals surface area contributed by atoms with Gasteiger partial charge in [0.1, 0.15) is 0 Å². The molecule has 1 heterocycles. The fourth-order valence-electron chi connectivity index (χ4n) is 1.50. The zero-order valence-electron chi connectivity index (χ0n) is 6.55. The molecule has 2 heteroatoms. The first-order valence-corrected chi connectivity index (χ1v) is 4.90. The molecule has 0 atom stereocenters. The van der Waals surface area contributed by atoms with Crippen LogP contribution in [-0.4, -0.2) is 30.3 Å². The molecule has 0 aliphatic carbocycles. The van der Waals surface area contributed by atoms with Crippen LogP contribution in [0.4, 0.5) is 0 Å². The minimum absolute atomic E-state index is 1.01. The van der Waals surface area contributed by atoms with Crippen LogP contribution in [0.3, 0.4) is 0 Å². The van der Waals surface area contributed by atoms with Crippen LogP contribution >= 0.6 is 12.6 Å². The van der Waals surface area contributed by atoms with E-state index >= 15 is 0 Å². The van der Waals surface area contributed by atoms with E-state index in [9.17, 15) is 0 Å². The normalized spacial score (nSPS) is 22.5. The smallest absolute Gasteiger partial charge is 0.00698 e. The molecule has 0 saturated carbocycles. The van der Waals surface area contributed by atoms with E-state index in [1.807, 2.05) is 0 Å². The minimum Gasteiger partial charge on any atom is -0.303 e. The fourth-order valence-corrected chi connectivity index (χ4v) is 1.78. The number of rotatable bonds is 2. The van der Waals surface area contributed by atoms with Crippen LogP contribution in [-0.2, 0) is 0 Å². The summed E-state index contributed by atoms with van der Waals surface area (Å²) in [6, 6.07) is 0. The average Bonchev–Trinajstić information content (AvgIpc) is 2.17. The standard InChI is InChI=1S/C8H17NS/c10-8-7-9-5-3-1-2-4-6-9/h10H,1-8H2. The first-order chi connectivity index (χ1) is 4.93. The maximum Gasteiger partial charge on any atom is 0.00698 e. The first kappa shape index (κ1) is 8.41. The molecular weight excluding hydrogens is 142 g/mol. The van der Waals surface area contributed by atoms with Crippen molar-refractivity contribution in [2.24, 2.45) is 0 Å². The van der Waals surface area contributed by atoms with Crippen molar-refractivity contribution < 1.29 is 0 Å². The molecular formula is C8H17NS. The van der Waals surface area contributed by atoms with Crippen LogP contribution in [0.1, 0.15) is 25.7 Å². The molecule has 1 fully saturated rings. The van der Waals surface area contributed by atoms with Gasteiger partial charge in [-0.2, -0.15) is 12.6 Å². The third-order valence-electron chi connectivity index (χ3n) is 2.11. The quantitative estimate of drug-likeness (QED) is 0.601. The summed E-state index contributed by atoms with van der Waals surface area (Å²) < 4.78 is 0. The van der Waals surface area contributed by atoms with Gasteiger partial charge in [-0.05, 0) is 25.9 Å². The highest BCUT2D eigenvalue weighted by Crippen LogP contribution is 2.08. The van der Waals surface area contributed by atoms with Crippen LogP contribution in [0.15, 0.2) is 0 Å². The van der Waals surface area contributed by atoms with Crippen LogP contribution in [0.2, 0.25) is 0 Å². The van der Waals surface area contributed by atoms with Crippen molar-refractivity contribution in [2.45, 2.75) is 25.7 Å². The van der Waals surface area contributed by atoms with Crippen molar-refractivity contribution >= 4 is 12.6 Å². The molecule has 0 N–H and O–H groups in total. The minimum atomic E-state index is 1.01. The molecule has 60 valence electrons. The van der Waals surface area contributed by atoms with Gasteiger partial charge in [-0.25, -0.2) is 0 Å². The Morgan fingerprint density at radius 2 is 1.60 bits per heavy atom. The van der Waals surface area contributed by atoms with Gasteiger partial charge < -0.3 is 4.90 Å². The molecule has 1 nitrogen and oxygen atoms in total. The monoisotopic (exact) mass is 159 g/mol. The van der Waals surface area contributed by atoms with Gasteiger partial charge in [0, 0.05) is 12.3 Å². The Morgan fingerprint density at radius 3 is 2.10 bits per heavy atom. The largest absolute Gasteiger partial charge is 0.303 e. The molecule has 0 unspecified atom stereocenters. The van der Waals surface area contributed by atoms with Gasteiger partial charge in [0.15, 0.2) is 0 Å². The third kappa shape index (κ3) is 2.93. The summed E-state index contributed by atoms with van der Waals surface area (Å²) in [7, 11) is 0. The lowest BCUT2D eigenvalue weighted by atomic mass is 10.2. The van der Waals surface area contributed by atoms with Gasteiger partial charge in [-0.15, -0.1) is 0 Å². The SMILES string of the molecule is SCCN1CCCCCC1. The molecule has 0 aromatic rings. The van der Waals surface area contributed by atoms with E-state index < -0.39 is 0 Å². The lowest BCUT2D eigenvalue weighted by Crippen LogP contribution is -2.26. The van der Waals surface area contributed by atoms with Gasteiger partial charge in [0.2, 0.25) is 0 Å². The summed E-state index contributed by atoms with van der Waals surface area (Å²) in [5, 5.41) is 0. The Morgan fingerprint density at radius 1 is 1.00 bits per heavy atom. The van der Waals surface area contributed by atoms with E-state index in [-0.39, 0.29) is 0 Å². The van der Waals surface area contributed by atoms with Gasteiger partial charge >= 0.3 is 0 Å². The number of hydrogen-bond donors (Lipinski definition) is 1. The van der Waals surface area contributed by atoms with E-state index in [0.717, 1.165) is 5.75 Å². The zero-order chi connectivity index (χ0) is 7.23. The lowest BCUT2D eigenvalue weighted by molar-refractivity contribution is 0.303. The summed E-state index contributed by atoms with van der Waals surface area (Å²) in [4.78, 5) is 2.53. The Labute approximate surface area is 69.2 Å². The summed E-state index contributed by atoms with van der Waals surface area (Å²) in [6.45, 7) is 3.80. The maximum absolute atomic E-state index is 4.22. The highest BCUT2D eigenvalue weighted by atomic mass is 32.1. The van der Waals surface area contributed by atoms with Crippen molar-refractivity contribution in [3.05, 3.63) is 0 Å². The predicted molar refractivity (Wildman–Crippen MR) is 48.8 cm³/mol. The van der Waals surface area contributed by atoms with Gasteiger partial charge in [0.25, 0.3) is 0 Å². The molecule has 0 bridgehead atoms. The summed E-state index contributed by atoms with van der Waals surface area (Å²) >= 11 is 4.22. The Balaban J connectivity index is 2.15. The third-order valence-corrected chi connectivity index (χ3v) is 2.31. The second-order valence-electron chi connectivity index (χ2n) is 2.98. The zero-order valence-corrected chi connectivity index (χ0v) is 7.45.